The summed E-state index contributed by atoms with van der Waals surface area (Å²) in [5, 5.41) is 3.43. The molecule has 0 saturated heterocycles. The lowest BCUT2D eigenvalue weighted by atomic mass is 10.1. The zero-order valence-corrected chi connectivity index (χ0v) is 21.0. The maximum atomic E-state index is 6.27. The lowest BCUT2D eigenvalue weighted by Gasteiger charge is -2.19. The Kier molecular flexibility index (Phi) is 11.9. The Morgan fingerprint density at radius 1 is 1.06 bits per heavy atom. The average molecular weight is 438 g/mol. The number of benzene rings is 1. The molecule has 0 bridgehead atoms. The second-order valence-electron chi connectivity index (χ2n) is 7.75. The van der Waals surface area contributed by atoms with Gasteiger partial charge in [-0.2, -0.15) is 0 Å². The normalized spacial score (nSPS) is 11.8. The van der Waals surface area contributed by atoms with E-state index in [2.05, 4.69) is 96.1 Å². The number of nitrogens with one attached hydrogen (secondary N) is 1. The third kappa shape index (κ3) is 9.52. The molecule has 0 saturated carbocycles. The van der Waals surface area contributed by atoms with Crippen molar-refractivity contribution in [1.82, 2.24) is 5.32 Å². The first-order chi connectivity index (χ1) is 14.7. The minimum Gasteiger partial charge on any atom is -0.490 e. The minimum atomic E-state index is 0.196. The summed E-state index contributed by atoms with van der Waals surface area (Å²) >= 11 is 1.68. The lowest BCUT2D eigenvalue weighted by molar-refractivity contribution is 0.193. The maximum absolute atomic E-state index is 6.27. The van der Waals surface area contributed by atoms with Gasteiger partial charge in [-0.15, -0.1) is 0 Å². The highest BCUT2D eigenvalue weighted by atomic mass is 32.2. The lowest BCUT2D eigenvalue weighted by Crippen LogP contribution is -2.16. The molecule has 0 radical (unpaired) electrons. The molecule has 0 heterocycles. The van der Waals surface area contributed by atoms with Crippen molar-refractivity contribution in [3.05, 3.63) is 89.4 Å². The van der Waals surface area contributed by atoms with Crippen molar-refractivity contribution in [2.45, 2.75) is 60.5 Å². The molecule has 0 unspecified atom stereocenters. The summed E-state index contributed by atoms with van der Waals surface area (Å²) in [6.07, 6.45) is 10.3. The van der Waals surface area contributed by atoms with Crippen LogP contribution in [0.3, 0.4) is 0 Å². The summed E-state index contributed by atoms with van der Waals surface area (Å²) in [5.74, 6) is 0.855. The molecular weight excluding hydrogens is 398 g/mol. The SMILES string of the molecule is C=C/C(=C\C=C(C)C)CNC(=C)c1cc(OC(CC)CC)cc(C(=C)S/C(C)=C\C)c1. The molecule has 3 heteroatoms. The Bertz CT molecular complexity index is 865. The van der Waals surface area contributed by atoms with E-state index in [4.69, 9.17) is 4.74 Å². The Morgan fingerprint density at radius 2 is 1.71 bits per heavy atom. The zero-order valence-electron chi connectivity index (χ0n) is 20.2. The van der Waals surface area contributed by atoms with E-state index in [0.29, 0.717) is 6.54 Å². The molecule has 0 atom stereocenters. The predicted molar refractivity (Wildman–Crippen MR) is 142 cm³/mol. The van der Waals surface area contributed by atoms with Crippen LogP contribution in [0.5, 0.6) is 5.75 Å². The number of hydrogen-bond donors (Lipinski definition) is 1. The maximum Gasteiger partial charge on any atom is 0.121 e. The highest BCUT2D eigenvalue weighted by Crippen LogP contribution is 2.35. The van der Waals surface area contributed by atoms with Crippen LogP contribution in [0.1, 0.15) is 65.5 Å². The summed E-state index contributed by atoms with van der Waals surface area (Å²) in [6, 6.07) is 6.27. The fourth-order valence-corrected chi connectivity index (χ4v) is 3.49. The minimum absolute atomic E-state index is 0.196. The number of allylic oxidation sites excluding steroid dienone is 5. The summed E-state index contributed by atoms with van der Waals surface area (Å²) < 4.78 is 6.27. The topological polar surface area (TPSA) is 21.3 Å². The third-order valence-corrected chi connectivity index (χ3v) is 5.92. The Balaban J connectivity index is 3.18. The fourth-order valence-electron chi connectivity index (χ4n) is 2.75. The number of hydrogen-bond acceptors (Lipinski definition) is 3. The van der Waals surface area contributed by atoms with Crippen LogP contribution < -0.4 is 10.1 Å². The van der Waals surface area contributed by atoms with Crippen molar-refractivity contribution < 1.29 is 4.74 Å². The highest BCUT2D eigenvalue weighted by Gasteiger charge is 2.12. The number of thioether (sulfide) groups is 1. The van der Waals surface area contributed by atoms with Gasteiger partial charge in [-0.1, -0.05) is 75.2 Å². The molecule has 0 aliphatic heterocycles. The van der Waals surface area contributed by atoms with E-state index in [1.54, 1.807) is 11.8 Å². The molecule has 168 valence electrons. The zero-order chi connectivity index (χ0) is 23.4. The van der Waals surface area contributed by atoms with Crippen LogP contribution >= 0.6 is 11.8 Å². The van der Waals surface area contributed by atoms with Crippen LogP contribution in [0.15, 0.2) is 78.3 Å². The second-order valence-corrected chi connectivity index (χ2v) is 9.09. The Labute approximate surface area is 194 Å². The smallest absolute Gasteiger partial charge is 0.121 e. The standard InChI is InChI=1S/C28H39NOS/c1-10-21(7)31-23(9)26-16-25(17-28(18-26)30-27(12-3)13-4)22(8)29-19-24(11-2)15-14-20(5)6/h10-11,14-18,27,29H,2,8-9,12-13,19H2,1,3-7H3/b21-10-,24-15+. The van der Waals surface area contributed by atoms with Gasteiger partial charge in [0.15, 0.2) is 0 Å². The van der Waals surface area contributed by atoms with Gasteiger partial charge >= 0.3 is 0 Å². The van der Waals surface area contributed by atoms with Crippen molar-refractivity contribution in [3.8, 4) is 5.75 Å². The van der Waals surface area contributed by atoms with Gasteiger partial charge in [0.2, 0.25) is 0 Å². The largest absolute Gasteiger partial charge is 0.490 e. The van der Waals surface area contributed by atoms with Crippen molar-refractivity contribution in [2.24, 2.45) is 0 Å². The molecule has 1 aromatic rings. The third-order valence-electron chi connectivity index (χ3n) is 4.88. The molecule has 0 aliphatic rings. The monoisotopic (exact) mass is 437 g/mol. The van der Waals surface area contributed by atoms with Crippen molar-refractivity contribution in [1.29, 1.82) is 0 Å². The van der Waals surface area contributed by atoms with Gasteiger partial charge < -0.3 is 10.1 Å². The van der Waals surface area contributed by atoms with Crippen molar-refractivity contribution in [3.63, 3.8) is 0 Å². The van der Waals surface area contributed by atoms with Crippen LogP contribution in [-0.2, 0) is 0 Å². The average Bonchev–Trinajstić information content (AvgIpc) is 2.76. The molecule has 0 spiro atoms. The number of ether oxygens (including phenoxy) is 1. The summed E-state index contributed by atoms with van der Waals surface area (Å²) in [6.45, 7) is 25.7. The first-order valence-corrected chi connectivity index (χ1v) is 11.8. The summed E-state index contributed by atoms with van der Waals surface area (Å²) in [5.41, 5.74) is 5.26. The van der Waals surface area contributed by atoms with Crippen LogP contribution in [0, 0.1) is 0 Å². The van der Waals surface area contributed by atoms with Crippen LogP contribution in [0.25, 0.3) is 10.6 Å². The second kappa shape index (κ2) is 13.8. The van der Waals surface area contributed by atoms with Crippen molar-refractivity contribution in [2.75, 3.05) is 6.54 Å². The quantitative estimate of drug-likeness (QED) is 0.312. The molecule has 2 nitrogen and oxygen atoms in total. The van der Waals surface area contributed by atoms with Gasteiger partial charge in [-0.3, -0.25) is 0 Å². The van der Waals surface area contributed by atoms with Gasteiger partial charge in [-0.05, 0) is 74.8 Å². The molecule has 0 aromatic heterocycles. The van der Waals surface area contributed by atoms with Crippen LogP contribution in [0.4, 0.5) is 0 Å². The van der Waals surface area contributed by atoms with E-state index in [1.165, 1.54) is 10.5 Å². The highest BCUT2D eigenvalue weighted by molar-refractivity contribution is 8.11. The predicted octanol–water partition coefficient (Wildman–Crippen LogP) is 8.52. The fraction of sp³-hybridized carbons (Fsp3) is 0.357. The van der Waals surface area contributed by atoms with E-state index >= 15 is 0 Å². The molecular formula is C28H39NOS. The number of rotatable bonds is 13. The first-order valence-electron chi connectivity index (χ1n) is 10.9. The Hall–Kier alpha value is -2.39. The molecule has 0 fully saturated rings. The Morgan fingerprint density at radius 3 is 2.26 bits per heavy atom. The van der Waals surface area contributed by atoms with Gasteiger partial charge in [-0.25, -0.2) is 0 Å². The van der Waals surface area contributed by atoms with Gasteiger partial charge in [0.1, 0.15) is 5.75 Å². The van der Waals surface area contributed by atoms with Gasteiger partial charge in [0, 0.05) is 22.7 Å². The van der Waals surface area contributed by atoms with Gasteiger partial charge in [0.05, 0.1) is 6.10 Å². The summed E-state index contributed by atoms with van der Waals surface area (Å²) in [4.78, 5) is 2.21. The first kappa shape index (κ1) is 26.6. The molecule has 0 aliphatic carbocycles. The van der Waals surface area contributed by atoms with Crippen molar-refractivity contribution >= 4 is 22.4 Å². The molecule has 0 amide bonds. The summed E-state index contributed by atoms with van der Waals surface area (Å²) in [7, 11) is 0. The van der Waals surface area contributed by atoms with Gasteiger partial charge in [0.25, 0.3) is 0 Å². The van der Waals surface area contributed by atoms with Crippen LogP contribution in [0.2, 0.25) is 0 Å². The van der Waals surface area contributed by atoms with E-state index in [-0.39, 0.29) is 6.10 Å². The molecule has 1 N–H and O–H groups in total. The van der Waals surface area contributed by atoms with Crippen LogP contribution in [-0.4, -0.2) is 12.6 Å². The molecule has 31 heavy (non-hydrogen) atoms. The van der Waals surface area contributed by atoms with E-state index in [9.17, 15) is 0 Å². The van der Waals surface area contributed by atoms with E-state index in [1.807, 2.05) is 13.0 Å². The molecule has 1 aromatic carbocycles. The molecule has 1 rings (SSSR count). The van der Waals surface area contributed by atoms with E-state index in [0.717, 1.165) is 45.9 Å². The van der Waals surface area contributed by atoms with E-state index < -0.39 is 0 Å².